The molecule has 0 saturated carbocycles. The first kappa shape index (κ1) is 15.3. The lowest BCUT2D eigenvalue weighted by atomic mass is 10.2. The second-order valence-corrected chi connectivity index (χ2v) is 16.2. The zero-order chi connectivity index (χ0) is 14.0. The monoisotopic (exact) mass is 274 g/mol. The largest absolute Gasteiger partial charge is 0.161 e. The first-order valence-electron chi connectivity index (χ1n) is 6.66. The van der Waals surface area contributed by atoms with Crippen molar-refractivity contribution in [2.75, 3.05) is 0 Å². The summed E-state index contributed by atoms with van der Waals surface area (Å²) >= 11 is 0. The third-order valence-electron chi connectivity index (χ3n) is 4.06. The van der Waals surface area contributed by atoms with Crippen LogP contribution in [0.4, 0.5) is 0 Å². The standard InChI is InChI=1S/C16H26Si2/c1-16(2,3)18(6,7)14-13-17(4,5)15-11-9-8-10-12-15/h8-12H,1-7H3. The van der Waals surface area contributed by atoms with Gasteiger partial charge in [-0.1, -0.05) is 77.3 Å². The van der Waals surface area contributed by atoms with Gasteiger partial charge in [-0.2, -0.15) is 0 Å². The van der Waals surface area contributed by atoms with E-state index in [9.17, 15) is 0 Å². The molecule has 0 saturated heterocycles. The molecule has 0 heterocycles. The highest BCUT2D eigenvalue weighted by molar-refractivity contribution is 6.98. The van der Waals surface area contributed by atoms with E-state index in [4.69, 9.17) is 0 Å². The van der Waals surface area contributed by atoms with Gasteiger partial charge in [0.2, 0.25) is 0 Å². The molecule has 1 aromatic carbocycles. The van der Waals surface area contributed by atoms with Crippen LogP contribution < -0.4 is 5.19 Å². The van der Waals surface area contributed by atoms with Crippen LogP contribution >= 0.6 is 0 Å². The van der Waals surface area contributed by atoms with Gasteiger partial charge in [0.15, 0.2) is 8.07 Å². The Morgan fingerprint density at radius 3 is 1.78 bits per heavy atom. The molecule has 0 atom stereocenters. The van der Waals surface area contributed by atoms with Crippen LogP contribution in [0.5, 0.6) is 0 Å². The summed E-state index contributed by atoms with van der Waals surface area (Å²) < 4.78 is 0. The first-order valence-corrected chi connectivity index (χ1v) is 12.7. The molecule has 98 valence electrons. The first-order chi connectivity index (χ1) is 8.06. The summed E-state index contributed by atoms with van der Waals surface area (Å²) in [6, 6.07) is 10.8. The maximum absolute atomic E-state index is 3.69. The Kier molecular flexibility index (Phi) is 4.30. The van der Waals surface area contributed by atoms with E-state index in [0.29, 0.717) is 5.04 Å². The van der Waals surface area contributed by atoms with E-state index in [1.54, 1.807) is 0 Å². The number of hydrogen-bond donors (Lipinski definition) is 0. The molecule has 18 heavy (non-hydrogen) atoms. The maximum atomic E-state index is 3.69. The number of benzene rings is 1. The third-order valence-corrected chi connectivity index (χ3v) is 11.3. The summed E-state index contributed by atoms with van der Waals surface area (Å²) in [6.45, 7) is 16.4. The van der Waals surface area contributed by atoms with E-state index >= 15 is 0 Å². The van der Waals surface area contributed by atoms with E-state index in [1.807, 2.05) is 0 Å². The topological polar surface area (TPSA) is 0 Å². The van der Waals surface area contributed by atoms with Gasteiger partial charge in [-0.15, -0.1) is 11.1 Å². The van der Waals surface area contributed by atoms with Crippen molar-refractivity contribution in [2.45, 2.75) is 52.0 Å². The maximum Gasteiger partial charge on any atom is 0.161 e. The molecule has 1 rings (SSSR count). The second kappa shape index (κ2) is 5.07. The fourth-order valence-electron chi connectivity index (χ4n) is 1.43. The minimum absolute atomic E-state index is 0.348. The molecular weight excluding hydrogens is 248 g/mol. The predicted molar refractivity (Wildman–Crippen MR) is 88.5 cm³/mol. The zero-order valence-electron chi connectivity index (χ0n) is 12.9. The normalized spacial score (nSPS) is 12.8. The Balaban J connectivity index is 3.06. The van der Waals surface area contributed by atoms with Crippen LogP contribution in [-0.2, 0) is 0 Å². The molecule has 0 aliphatic rings. The van der Waals surface area contributed by atoms with Crippen molar-refractivity contribution in [2.24, 2.45) is 0 Å². The van der Waals surface area contributed by atoms with Gasteiger partial charge in [-0.05, 0) is 10.2 Å². The fourth-order valence-corrected chi connectivity index (χ4v) is 5.47. The molecule has 0 nitrogen and oxygen atoms in total. The van der Waals surface area contributed by atoms with Crippen LogP contribution in [0.15, 0.2) is 30.3 Å². The van der Waals surface area contributed by atoms with E-state index in [-0.39, 0.29) is 0 Å². The molecule has 0 radical (unpaired) electrons. The Morgan fingerprint density at radius 1 is 0.833 bits per heavy atom. The highest BCUT2D eigenvalue weighted by Crippen LogP contribution is 2.35. The lowest BCUT2D eigenvalue weighted by Gasteiger charge is -2.32. The van der Waals surface area contributed by atoms with Crippen molar-refractivity contribution in [3.8, 4) is 11.1 Å². The summed E-state index contributed by atoms with van der Waals surface area (Å²) in [5.74, 6) is 0. The lowest BCUT2D eigenvalue weighted by molar-refractivity contribution is 0.731. The van der Waals surface area contributed by atoms with Crippen molar-refractivity contribution < 1.29 is 0 Å². The molecule has 0 N–H and O–H groups in total. The van der Waals surface area contributed by atoms with Crippen molar-refractivity contribution in [3.63, 3.8) is 0 Å². The van der Waals surface area contributed by atoms with Crippen molar-refractivity contribution >= 4 is 21.3 Å². The van der Waals surface area contributed by atoms with Gasteiger partial charge in [-0.25, -0.2) is 0 Å². The summed E-state index contributed by atoms with van der Waals surface area (Å²) in [4.78, 5) is 0. The molecule has 0 aromatic heterocycles. The lowest BCUT2D eigenvalue weighted by Crippen LogP contribution is -2.42. The molecule has 0 bridgehead atoms. The van der Waals surface area contributed by atoms with Crippen LogP contribution in [0.25, 0.3) is 0 Å². The van der Waals surface area contributed by atoms with Gasteiger partial charge < -0.3 is 0 Å². The smallest absolute Gasteiger partial charge is 0.138 e. The predicted octanol–water partition coefficient (Wildman–Crippen LogP) is 4.19. The Hall–Kier alpha value is -0.786. The number of rotatable bonds is 1. The van der Waals surface area contributed by atoms with Gasteiger partial charge in [0.1, 0.15) is 8.07 Å². The van der Waals surface area contributed by atoms with Crippen molar-refractivity contribution in [1.29, 1.82) is 0 Å². The van der Waals surface area contributed by atoms with Crippen LogP contribution in [0.1, 0.15) is 20.8 Å². The average molecular weight is 275 g/mol. The fraction of sp³-hybridized carbons (Fsp3) is 0.500. The highest BCUT2D eigenvalue weighted by atomic mass is 28.3. The Morgan fingerprint density at radius 2 is 1.33 bits per heavy atom. The van der Waals surface area contributed by atoms with Crippen LogP contribution in [0.2, 0.25) is 31.2 Å². The highest BCUT2D eigenvalue weighted by Gasteiger charge is 2.34. The van der Waals surface area contributed by atoms with Gasteiger partial charge in [-0.3, -0.25) is 0 Å². The van der Waals surface area contributed by atoms with E-state index < -0.39 is 16.1 Å². The van der Waals surface area contributed by atoms with Crippen LogP contribution in [-0.4, -0.2) is 16.1 Å². The minimum Gasteiger partial charge on any atom is -0.138 e. The second-order valence-electron chi connectivity index (χ2n) is 7.12. The summed E-state index contributed by atoms with van der Waals surface area (Å²) in [5.41, 5.74) is 7.36. The Bertz CT molecular complexity index is 453. The van der Waals surface area contributed by atoms with Gasteiger partial charge >= 0.3 is 0 Å². The molecule has 1 aromatic rings. The zero-order valence-corrected chi connectivity index (χ0v) is 14.9. The third kappa shape index (κ3) is 3.60. The quantitative estimate of drug-likeness (QED) is 0.532. The molecule has 0 spiro atoms. The van der Waals surface area contributed by atoms with E-state index in [2.05, 4.69) is 88.4 Å². The SMILES string of the molecule is CC(C)(C)[Si](C)(C)C#C[Si](C)(C)c1ccccc1. The molecule has 0 fully saturated rings. The molecule has 0 amide bonds. The van der Waals surface area contributed by atoms with Crippen molar-refractivity contribution in [3.05, 3.63) is 30.3 Å². The molecule has 0 unspecified atom stereocenters. The molecule has 0 aliphatic carbocycles. The summed E-state index contributed by atoms with van der Waals surface area (Å²) in [6.07, 6.45) is 0. The van der Waals surface area contributed by atoms with E-state index in [0.717, 1.165) is 0 Å². The van der Waals surface area contributed by atoms with Crippen LogP contribution in [0.3, 0.4) is 0 Å². The summed E-state index contributed by atoms with van der Waals surface area (Å²) in [7, 11) is -3.07. The number of hydrogen-bond acceptors (Lipinski definition) is 0. The average Bonchev–Trinajstić information content (AvgIpc) is 2.26. The Labute approximate surface area is 115 Å². The molecule has 0 aliphatic heterocycles. The van der Waals surface area contributed by atoms with E-state index in [1.165, 1.54) is 5.19 Å². The minimum atomic E-state index is -1.59. The van der Waals surface area contributed by atoms with Gasteiger partial charge in [0.25, 0.3) is 0 Å². The van der Waals surface area contributed by atoms with Crippen molar-refractivity contribution in [1.82, 2.24) is 0 Å². The van der Waals surface area contributed by atoms with Gasteiger partial charge in [0, 0.05) is 0 Å². The molecule has 2 heteroatoms. The molecular formula is C16H26Si2. The van der Waals surface area contributed by atoms with Gasteiger partial charge in [0.05, 0.1) is 0 Å². The summed E-state index contributed by atoms with van der Waals surface area (Å²) in [5, 5.41) is 1.79. The van der Waals surface area contributed by atoms with Crippen LogP contribution in [0, 0.1) is 11.1 Å².